The summed E-state index contributed by atoms with van der Waals surface area (Å²) in [5.74, 6) is 0.692. The third kappa shape index (κ3) is 5.89. The number of carbonyl (C=O) groups is 1. The van der Waals surface area contributed by atoms with Gasteiger partial charge in [0.1, 0.15) is 6.61 Å². The maximum absolute atomic E-state index is 13.2. The van der Waals surface area contributed by atoms with E-state index in [9.17, 15) is 14.9 Å². The van der Waals surface area contributed by atoms with Crippen molar-refractivity contribution in [2.75, 3.05) is 11.5 Å². The maximum atomic E-state index is 13.2. The zero-order valence-corrected chi connectivity index (χ0v) is 22.7. The fourth-order valence-corrected chi connectivity index (χ4v) is 5.40. The third-order valence-corrected chi connectivity index (χ3v) is 7.16. The van der Waals surface area contributed by atoms with Crippen LogP contribution in [0.25, 0.3) is 6.08 Å². The number of non-ortho nitro benzene ring substituents is 1. The number of hydrogen-bond acceptors (Lipinski definition) is 7. The molecular weight excluding hydrogens is 588 g/mol. The van der Waals surface area contributed by atoms with Crippen LogP contribution in [0.4, 0.5) is 11.4 Å². The van der Waals surface area contributed by atoms with E-state index in [1.807, 2.05) is 25.1 Å². The molecule has 1 saturated heterocycles. The Hall–Kier alpha value is -2.92. The van der Waals surface area contributed by atoms with Crippen molar-refractivity contribution >= 4 is 79.2 Å². The van der Waals surface area contributed by atoms with E-state index >= 15 is 0 Å². The van der Waals surface area contributed by atoms with Gasteiger partial charge >= 0.3 is 0 Å². The molecule has 0 radical (unpaired) electrons. The highest BCUT2D eigenvalue weighted by atomic mass is 79.9. The van der Waals surface area contributed by atoms with Gasteiger partial charge in [-0.2, -0.15) is 0 Å². The average Bonchev–Trinajstić information content (AvgIpc) is 3.12. The summed E-state index contributed by atoms with van der Waals surface area (Å²) in [6, 6.07) is 16.8. The number of hydrogen-bond donors (Lipinski definition) is 0. The van der Waals surface area contributed by atoms with Crippen LogP contribution in [0.1, 0.15) is 18.1 Å². The van der Waals surface area contributed by atoms with Gasteiger partial charge in [0.2, 0.25) is 0 Å². The zero-order chi connectivity index (χ0) is 25.8. The molecule has 0 aliphatic carbocycles. The van der Waals surface area contributed by atoms with Gasteiger partial charge in [-0.1, -0.05) is 53.8 Å². The molecule has 3 aromatic carbocycles. The Morgan fingerprint density at radius 2 is 1.92 bits per heavy atom. The first kappa shape index (κ1) is 26.2. The van der Waals surface area contributed by atoms with Crippen molar-refractivity contribution in [1.29, 1.82) is 0 Å². The highest BCUT2D eigenvalue weighted by molar-refractivity contribution is 9.10. The summed E-state index contributed by atoms with van der Waals surface area (Å²) in [5.41, 5.74) is 1.87. The highest BCUT2D eigenvalue weighted by Crippen LogP contribution is 2.41. The molecule has 0 spiro atoms. The Kier molecular flexibility index (Phi) is 8.30. The Balaban J connectivity index is 1.60. The fourth-order valence-electron chi connectivity index (χ4n) is 3.40. The molecule has 36 heavy (non-hydrogen) atoms. The average molecular weight is 606 g/mol. The predicted octanol–water partition coefficient (Wildman–Crippen LogP) is 7.39. The van der Waals surface area contributed by atoms with Gasteiger partial charge in [0.05, 0.1) is 26.6 Å². The van der Waals surface area contributed by atoms with Gasteiger partial charge in [-0.05, 0) is 70.4 Å². The lowest BCUT2D eigenvalue weighted by Gasteiger charge is -2.15. The summed E-state index contributed by atoms with van der Waals surface area (Å²) in [4.78, 5) is 25.5. The monoisotopic (exact) mass is 604 g/mol. The molecule has 0 aromatic heterocycles. The first-order valence-electron chi connectivity index (χ1n) is 10.6. The Bertz CT molecular complexity index is 1380. The second kappa shape index (κ2) is 11.4. The molecule has 0 unspecified atom stereocenters. The van der Waals surface area contributed by atoms with Crippen molar-refractivity contribution in [2.24, 2.45) is 0 Å². The van der Waals surface area contributed by atoms with Gasteiger partial charge in [-0.25, -0.2) is 0 Å². The van der Waals surface area contributed by atoms with Gasteiger partial charge in [-0.3, -0.25) is 19.8 Å². The quantitative estimate of drug-likeness (QED) is 0.115. The number of nitro groups is 1. The molecule has 1 aliphatic rings. The van der Waals surface area contributed by atoms with Crippen molar-refractivity contribution < 1.29 is 19.2 Å². The van der Waals surface area contributed by atoms with Gasteiger partial charge in [0.25, 0.3) is 11.6 Å². The number of amides is 1. The number of anilines is 1. The minimum absolute atomic E-state index is 0.120. The molecule has 1 heterocycles. The number of nitro benzene ring substituents is 1. The Morgan fingerprint density at radius 3 is 2.61 bits per heavy atom. The lowest BCUT2D eigenvalue weighted by Crippen LogP contribution is -2.27. The summed E-state index contributed by atoms with van der Waals surface area (Å²) >= 11 is 16.0. The van der Waals surface area contributed by atoms with Gasteiger partial charge in [-0.15, -0.1) is 0 Å². The predicted molar refractivity (Wildman–Crippen MR) is 150 cm³/mol. The normalized spacial score (nSPS) is 14.4. The SMILES string of the molecule is CCOc1cc(/C=C2\SC(=S)N(c3cccc([N+](=O)[O-])c3)C2=O)cc(Br)c1OCc1ccc(Cl)cc1. The number of thioether (sulfide) groups is 1. The molecular formula is C25H18BrClN2O5S2. The second-order valence-electron chi connectivity index (χ2n) is 7.47. The van der Waals surface area contributed by atoms with Crippen LogP contribution in [0.2, 0.25) is 5.02 Å². The third-order valence-electron chi connectivity index (χ3n) is 5.02. The molecule has 1 fully saturated rings. The second-order valence-corrected chi connectivity index (χ2v) is 10.4. The van der Waals surface area contributed by atoms with E-state index in [0.717, 1.165) is 17.3 Å². The van der Waals surface area contributed by atoms with E-state index in [2.05, 4.69) is 15.9 Å². The Labute approximate surface area is 230 Å². The van der Waals surface area contributed by atoms with Crippen LogP contribution >= 0.6 is 51.5 Å². The van der Waals surface area contributed by atoms with Crippen molar-refractivity contribution in [2.45, 2.75) is 13.5 Å². The molecule has 11 heteroatoms. The first-order chi connectivity index (χ1) is 17.3. The Morgan fingerprint density at radius 1 is 1.17 bits per heavy atom. The van der Waals surface area contributed by atoms with E-state index in [0.29, 0.717) is 54.7 Å². The van der Waals surface area contributed by atoms with Gasteiger partial charge in [0, 0.05) is 17.2 Å². The summed E-state index contributed by atoms with van der Waals surface area (Å²) < 4.78 is 12.8. The van der Waals surface area contributed by atoms with Crippen molar-refractivity contribution in [3.05, 3.63) is 96.3 Å². The summed E-state index contributed by atoms with van der Waals surface area (Å²) in [7, 11) is 0. The molecule has 0 bridgehead atoms. The standard InChI is InChI=1S/C25H18BrClN2O5S2/c1-2-33-21-11-16(10-20(26)23(21)34-14-15-6-8-17(27)9-7-15)12-22-24(30)28(25(35)36-22)18-4-3-5-19(13-18)29(31)32/h3-13H,2,14H2,1H3/b22-12-. The summed E-state index contributed by atoms with van der Waals surface area (Å²) in [5, 5.41) is 11.8. The maximum Gasteiger partial charge on any atom is 0.271 e. The molecule has 184 valence electrons. The summed E-state index contributed by atoms with van der Waals surface area (Å²) in [6.07, 6.45) is 1.70. The van der Waals surface area contributed by atoms with Crippen LogP contribution < -0.4 is 14.4 Å². The van der Waals surface area contributed by atoms with Crippen LogP contribution in [0, 0.1) is 10.1 Å². The van der Waals surface area contributed by atoms with E-state index in [1.165, 1.54) is 23.1 Å². The number of rotatable bonds is 8. The number of halogens is 2. The smallest absolute Gasteiger partial charge is 0.271 e. The molecule has 4 rings (SSSR count). The minimum Gasteiger partial charge on any atom is -0.490 e. The van der Waals surface area contributed by atoms with E-state index < -0.39 is 4.92 Å². The van der Waals surface area contributed by atoms with Gasteiger partial charge in [0.15, 0.2) is 15.8 Å². The lowest BCUT2D eigenvalue weighted by molar-refractivity contribution is -0.384. The molecule has 0 atom stereocenters. The number of thiocarbonyl (C=S) groups is 1. The van der Waals surface area contributed by atoms with Crippen molar-refractivity contribution in [1.82, 2.24) is 0 Å². The first-order valence-corrected chi connectivity index (χ1v) is 13.0. The zero-order valence-electron chi connectivity index (χ0n) is 18.8. The number of nitrogens with zero attached hydrogens (tertiary/aromatic N) is 2. The van der Waals surface area contributed by atoms with Crippen molar-refractivity contribution in [3.8, 4) is 11.5 Å². The molecule has 7 nitrogen and oxygen atoms in total. The summed E-state index contributed by atoms with van der Waals surface area (Å²) in [6.45, 7) is 2.60. The molecule has 0 saturated carbocycles. The van der Waals surface area contributed by atoms with Crippen molar-refractivity contribution in [3.63, 3.8) is 0 Å². The fraction of sp³-hybridized carbons (Fsp3) is 0.120. The molecule has 0 N–H and O–H groups in total. The molecule has 1 amide bonds. The van der Waals surface area contributed by atoms with Gasteiger partial charge < -0.3 is 9.47 Å². The minimum atomic E-state index is -0.514. The lowest BCUT2D eigenvalue weighted by atomic mass is 10.1. The topological polar surface area (TPSA) is 81.9 Å². The number of ether oxygens (including phenoxy) is 2. The van der Waals surface area contributed by atoms with Crippen LogP contribution in [0.5, 0.6) is 11.5 Å². The van der Waals surface area contributed by atoms with E-state index in [1.54, 1.807) is 30.3 Å². The van der Waals surface area contributed by atoms with Crippen LogP contribution in [0.15, 0.2) is 70.0 Å². The highest BCUT2D eigenvalue weighted by Gasteiger charge is 2.34. The number of carbonyl (C=O) groups excluding carboxylic acids is 1. The van der Waals surface area contributed by atoms with Crippen LogP contribution in [0.3, 0.4) is 0 Å². The molecule has 1 aliphatic heterocycles. The largest absolute Gasteiger partial charge is 0.490 e. The van der Waals surface area contributed by atoms with Crippen LogP contribution in [-0.4, -0.2) is 21.8 Å². The number of benzene rings is 3. The van der Waals surface area contributed by atoms with Crippen LogP contribution in [-0.2, 0) is 11.4 Å². The van der Waals surface area contributed by atoms with E-state index in [4.69, 9.17) is 33.3 Å². The molecule has 3 aromatic rings. The van der Waals surface area contributed by atoms with E-state index in [-0.39, 0.29) is 11.6 Å².